The van der Waals surface area contributed by atoms with Crippen LogP contribution in [0.1, 0.15) is 56.5 Å². The Morgan fingerprint density at radius 3 is 2.42 bits per heavy atom. The van der Waals surface area contributed by atoms with E-state index in [2.05, 4.69) is 24.0 Å². The molecule has 40 heavy (non-hydrogen) atoms. The van der Waals surface area contributed by atoms with Gasteiger partial charge in [0.15, 0.2) is 6.10 Å². The van der Waals surface area contributed by atoms with Gasteiger partial charge in [-0.1, -0.05) is 43.3 Å². The standard InChI is InChI=1S/C28H36N4O6S2/c1-6-20-9-7-10-21(17-20)11-8-16-32(28(35)26(33)22-12-14-23(38-5)15-13-22)18-24-29-25(19(2)39-24)27(34)30-40(36,37)31(3)4/h7,9-10,12-15,17,26,33H,6,8,11,16,18H2,1-5H3,(H,30,34)/t26-/m1/s1. The van der Waals surface area contributed by atoms with Gasteiger partial charge in [-0.2, -0.15) is 12.7 Å². The van der Waals surface area contributed by atoms with Crippen LogP contribution in [0.2, 0.25) is 0 Å². The molecular formula is C28H36N4O6S2. The summed E-state index contributed by atoms with van der Waals surface area (Å²) in [7, 11) is 0.170. The highest BCUT2D eigenvalue weighted by Gasteiger charge is 2.27. The molecule has 2 amide bonds. The number of hydrogen-bond donors (Lipinski definition) is 2. The molecule has 10 nitrogen and oxygen atoms in total. The fourth-order valence-electron chi connectivity index (χ4n) is 4.00. The third kappa shape index (κ3) is 8.10. The first-order valence-corrected chi connectivity index (χ1v) is 15.1. The number of carbonyl (C=O) groups is 2. The van der Waals surface area contributed by atoms with E-state index in [4.69, 9.17) is 4.74 Å². The van der Waals surface area contributed by atoms with Crippen LogP contribution in [0.4, 0.5) is 0 Å². The molecule has 0 bridgehead atoms. The molecule has 0 spiro atoms. The number of nitrogens with one attached hydrogen (secondary N) is 1. The number of benzene rings is 2. The van der Waals surface area contributed by atoms with Crippen LogP contribution in [-0.2, 0) is 34.4 Å². The van der Waals surface area contributed by atoms with Crippen LogP contribution in [-0.4, -0.2) is 67.3 Å². The van der Waals surface area contributed by atoms with Crippen molar-refractivity contribution >= 4 is 33.4 Å². The van der Waals surface area contributed by atoms with E-state index in [0.717, 1.165) is 22.7 Å². The molecule has 1 aromatic heterocycles. The molecule has 0 aliphatic rings. The van der Waals surface area contributed by atoms with E-state index in [1.54, 1.807) is 31.2 Å². The van der Waals surface area contributed by atoms with Crippen LogP contribution >= 0.6 is 11.3 Å². The second kappa shape index (κ2) is 13.8. The lowest BCUT2D eigenvalue weighted by Crippen LogP contribution is -2.39. The first kappa shape index (κ1) is 31.2. The third-order valence-electron chi connectivity index (χ3n) is 6.35. The van der Waals surface area contributed by atoms with Gasteiger partial charge in [0, 0.05) is 25.5 Å². The molecule has 216 valence electrons. The molecule has 1 heterocycles. The predicted molar refractivity (Wildman–Crippen MR) is 154 cm³/mol. The van der Waals surface area contributed by atoms with Crippen LogP contribution in [0.5, 0.6) is 5.75 Å². The zero-order valence-corrected chi connectivity index (χ0v) is 25.0. The molecule has 0 saturated heterocycles. The minimum atomic E-state index is -3.99. The van der Waals surface area contributed by atoms with Crippen molar-refractivity contribution in [3.8, 4) is 5.75 Å². The van der Waals surface area contributed by atoms with E-state index in [0.29, 0.717) is 34.2 Å². The van der Waals surface area contributed by atoms with Crippen molar-refractivity contribution in [3.63, 3.8) is 0 Å². The zero-order chi connectivity index (χ0) is 29.4. The quantitative estimate of drug-likeness (QED) is 0.314. The minimum absolute atomic E-state index is 0.0232. The molecule has 2 aromatic carbocycles. The van der Waals surface area contributed by atoms with E-state index in [-0.39, 0.29) is 12.2 Å². The van der Waals surface area contributed by atoms with Gasteiger partial charge in [0.2, 0.25) is 0 Å². The zero-order valence-electron chi connectivity index (χ0n) is 23.4. The number of thiazole rings is 1. The molecule has 12 heteroatoms. The first-order chi connectivity index (χ1) is 18.9. The summed E-state index contributed by atoms with van der Waals surface area (Å²) in [6.45, 7) is 4.16. The minimum Gasteiger partial charge on any atom is -0.497 e. The lowest BCUT2D eigenvalue weighted by Gasteiger charge is -2.25. The fourth-order valence-corrected chi connectivity index (χ4v) is 5.46. The number of nitrogens with zero attached hydrogens (tertiary/aromatic N) is 3. The number of ether oxygens (including phenoxy) is 1. The molecule has 2 N–H and O–H groups in total. The van der Waals surface area contributed by atoms with Crippen molar-refractivity contribution < 1.29 is 27.9 Å². The van der Waals surface area contributed by atoms with Crippen molar-refractivity contribution in [3.05, 3.63) is 80.8 Å². The Bertz CT molecular complexity index is 1420. The Balaban J connectivity index is 1.81. The highest BCUT2D eigenvalue weighted by atomic mass is 32.2. The highest BCUT2D eigenvalue weighted by molar-refractivity contribution is 7.87. The summed E-state index contributed by atoms with van der Waals surface area (Å²) >= 11 is 1.20. The summed E-state index contributed by atoms with van der Waals surface area (Å²) in [5.74, 6) is -0.739. The Labute approximate surface area is 239 Å². The lowest BCUT2D eigenvalue weighted by molar-refractivity contribution is -0.141. The number of aliphatic hydroxyl groups excluding tert-OH is 1. The second-order valence-electron chi connectivity index (χ2n) is 9.44. The van der Waals surface area contributed by atoms with Crippen molar-refractivity contribution in [2.45, 2.75) is 45.8 Å². The summed E-state index contributed by atoms with van der Waals surface area (Å²) in [6.07, 6.45) is 0.918. The predicted octanol–water partition coefficient (Wildman–Crippen LogP) is 3.25. The molecule has 0 aliphatic heterocycles. The monoisotopic (exact) mass is 588 g/mol. The van der Waals surface area contributed by atoms with Gasteiger partial charge >= 0.3 is 10.2 Å². The van der Waals surface area contributed by atoms with E-state index in [1.807, 2.05) is 16.9 Å². The topological polar surface area (TPSA) is 129 Å². The smallest absolute Gasteiger partial charge is 0.303 e. The van der Waals surface area contributed by atoms with E-state index in [1.165, 1.54) is 43.0 Å². The Kier molecular flexibility index (Phi) is 10.8. The number of amides is 2. The number of hydrogen-bond acceptors (Lipinski definition) is 8. The SMILES string of the molecule is CCc1cccc(CCCN(Cc2nc(C(=O)NS(=O)(=O)N(C)C)c(C)s2)C(=O)[C@H](O)c2ccc(OC)cc2)c1. The van der Waals surface area contributed by atoms with Crippen LogP contribution in [0.15, 0.2) is 48.5 Å². The largest absolute Gasteiger partial charge is 0.497 e. The van der Waals surface area contributed by atoms with Gasteiger partial charge in [0.25, 0.3) is 11.8 Å². The Morgan fingerprint density at radius 1 is 1.12 bits per heavy atom. The van der Waals surface area contributed by atoms with Crippen molar-refractivity contribution in [1.29, 1.82) is 0 Å². The average molecular weight is 589 g/mol. The normalized spacial score (nSPS) is 12.3. The van der Waals surface area contributed by atoms with Gasteiger partial charge in [-0.3, -0.25) is 9.59 Å². The molecule has 0 fully saturated rings. The van der Waals surface area contributed by atoms with E-state index in [9.17, 15) is 23.1 Å². The number of aryl methyl sites for hydroxylation is 3. The first-order valence-electron chi connectivity index (χ1n) is 12.8. The number of methoxy groups -OCH3 is 1. The van der Waals surface area contributed by atoms with E-state index >= 15 is 0 Å². The summed E-state index contributed by atoms with van der Waals surface area (Å²) in [6, 6.07) is 14.9. The average Bonchev–Trinajstić information content (AvgIpc) is 3.31. The maximum Gasteiger partial charge on any atom is 0.303 e. The number of rotatable bonds is 13. The van der Waals surface area contributed by atoms with Crippen molar-refractivity contribution in [1.82, 2.24) is 18.9 Å². The van der Waals surface area contributed by atoms with Crippen LogP contribution in [0, 0.1) is 6.92 Å². The van der Waals surface area contributed by atoms with Gasteiger partial charge in [0.05, 0.1) is 13.7 Å². The Morgan fingerprint density at radius 2 is 1.80 bits per heavy atom. The van der Waals surface area contributed by atoms with Gasteiger partial charge in [-0.25, -0.2) is 9.71 Å². The summed E-state index contributed by atoms with van der Waals surface area (Å²) < 4.78 is 32.3. The molecule has 0 aliphatic carbocycles. The number of aromatic nitrogens is 1. The van der Waals surface area contributed by atoms with Gasteiger partial charge < -0.3 is 14.7 Å². The maximum absolute atomic E-state index is 13.5. The van der Waals surface area contributed by atoms with Gasteiger partial charge in [-0.05, 0) is 55.0 Å². The van der Waals surface area contributed by atoms with E-state index < -0.39 is 28.1 Å². The Hall–Kier alpha value is -3.32. The highest BCUT2D eigenvalue weighted by Crippen LogP contribution is 2.24. The number of aliphatic hydroxyl groups is 1. The fraction of sp³-hybridized carbons (Fsp3) is 0.393. The summed E-state index contributed by atoms with van der Waals surface area (Å²) in [5, 5.41) is 11.4. The van der Waals surface area contributed by atoms with Crippen LogP contribution < -0.4 is 9.46 Å². The summed E-state index contributed by atoms with van der Waals surface area (Å²) in [4.78, 5) is 32.5. The third-order valence-corrected chi connectivity index (χ3v) is 8.72. The molecular weight excluding hydrogens is 552 g/mol. The molecule has 3 aromatic rings. The molecule has 0 radical (unpaired) electrons. The van der Waals surface area contributed by atoms with Gasteiger partial charge in [-0.15, -0.1) is 11.3 Å². The van der Waals surface area contributed by atoms with Crippen molar-refractivity contribution in [2.75, 3.05) is 27.7 Å². The van der Waals surface area contributed by atoms with Crippen LogP contribution in [0.3, 0.4) is 0 Å². The van der Waals surface area contributed by atoms with Crippen LogP contribution in [0.25, 0.3) is 0 Å². The second-order valence-corrected chi connectivity index (χ2v) is 12.6. The molecule has 0 saturated carbocycles. The molecule has 0 unspecified atom stereocenters. The summed E-state index contributed by atoms with van der Waals surface area (Å²) in [5.41, 5.74) is 2.80. The maximum atomic E-state index is 13.5. The van der Waals surface area contributed by atoms with Crippen molar-refractivity contribution in [2.24, 2.45) is 0 Å². The number of carbonyl (C=O) groups excluding carboxylic acids is 2. The molecule has 3 rings (SSSR count). The molecule has 1 atom stereocenters. The lowest BCUT2D eigenvalue weighted by atomic mass is 10.0. The van der Waals surface area contributed by atoms with Gasteiger partial charge in [0.1, 0.15) is 16.5 Å².